The van der Waals surface area contributed by atoms with E-state index in [1.807, 2.05) is 0 Å². The van der Waals surface area contributed by atoms with Crippen LogP contribution < -0.4 is 4.74 Å². The third-order valence-electron chi connectivity index (χ3n) is 3.64. The van der Waals surface area contributed by atoms with Crippen molar-refractivity contribution in [2.24, 2.45) is 0 Å². The van der Waals surface area contributed by atoms with Gasteiger partial charge < -0.3 is 9.16 Å². The van der Waals surface area contributed by atoms with E-state index in [0.717, 1.165) is 0 Å². The average molecular weight is 320 g/mol. The molecule has 1 aromatic heterocycles. The lowest BCUT2D eigenvalue weighted by Crippen LogP contribution is -2.41. The van der Waals surface area contributed by atoms with Crippen molar-refractivity contribution in [1.82, 2.24) is 4.98 Å². The van der Waals surface area contributed by atoms with Crippen LogP contribution >= 0.6 is 11.6 Å². The van der Waals surface area contributed by atoms with Crippen molar-refractivity contribution in [3.8, 4) is 5.75 Å². The van der Waals surface area contributed by atoms with Crippen molar-refractivity contribution in [1.29, 1.82) is 0 Å². The predicted octanol–water partition coefficient (Wildman–Crippen LogP) is 4.36. The minimum Gasteiger partial charge on any atom is -0.490 e. The van der Waals surface area contributed by atoms with Crippen LogP contribution in [0.4, 0.5) is 4.39 Å². The van der Waals surface area contributed by atoms with Crippen LogP contribution in [-0.4, -0.2) is 26.5 Å². The van der Waals surface area contributed by atoms with Crippen LogP contribution in [-0.2, 0) is 10.3 Å². The molecule has 6 heteroatoms. The van der Waals surface area contributed by atoms with Crippen molar-refractivity contribution >= 4 is 19.9 Å². The molecule has 114 valence electrons. The first-order chi connectivity index (χ1) is 9.17. The molecule has 0 aliphatic carbocycles. The second-order valence-electron chi connectivity index (χ2n) is 6.19. The van der Waals surface area contributed by atoms with Gasteiger partial charge in [-0.05, 0) is 18.1 Å². The lowest BCUT2D eigenvalue weighted by molar-refractivity contribution is 0.202. The fraction of sp³-hybridized carbons (Fsp3) is 0.643. The fourth-order valence-corrected chi connectivity index (χ4v) is 2.52. The first kappa shape index (κ1) is 17.4. The molecule has 1 heterocycles. The SMILES string of the molecule is CC(C)(C)[Si](C)(C)OCCOc1cnc(CCl)c(F)c1. The summed E-state index contributed by atoms with van der Waals surface area (Å²) in [5.74, 6) is 0.0126. The fourth-order valence-electron chi connectivity index (χ4n) is 1.30. The van der Waals surface area contributed by atoms with E-state index < -0.39 is 14.1 Å². The number of hydrogen-bond acceptors (Lipinski definition) is 3. The number of aromatic nitrogens is 1. The molecule has 20 heavy (non-hydrogen) atoms. The van der Waals surface area contributed by atoms with Gasteiger partial charge in [-0.25, -0.2) is 4.39 Å². The van der Waals surface area contributed by atoms with E-state index in [1.54, 1.807) is 0 Å². The highest BCUT2D eigenvalue weighted by Gasteiger charge is 2.36. The summed E-state index contributed by atoms with van der Waals surface area (Å²) in [5.41, 5.74) is 0.233. The summed E-state index contributed by atoms with van der Waals surface area (Å²) in [4.78, 5) is 3.90. The van der Waals surface area contributed by atoms with Gasteiger partial charge in [0, 0.05) is 6.07 Å². The van der Waals surface area contributed by atoms with Crippen LogP contribution in [0.3, 0.4) is 0 Å². The topological polar surface area (TPSA) is 31.4 Å². The van der Waals surface area contributed by atoms with E-state index in [4.69, 9.17) is 20.8 Å². The van der Waals surface area contributed by atoms with Crippen molar-refractivity contribution in [2.75, 3.05) is 13.2 Å². The molecule has 0 saturated carbocycles. The minimum absolute atomic E-state index is 0.0561. The summed E-state index contributed by atoms with van der Waals surface area (Å²) in [6.45, 7) is 11.8. The highest BCUT2D eigenvalue weighted by molar-refractivity contribution is 6.74. The van der Waals surface area contributed by atoms with Crippen LogP contribution in [0.1, 0.15) is 26.5 Å². The second-order valence-corrected chi connectivity index (χ2v) is 11.3. The van der Waals surface area contributed by atoms with Crippen LogP contribution in [0, 0.1) is 5.82 Å². The summed E-state index contributed by atoms with van der Waals surface area (Å²) >= 11 is 5.55. The zero-order valence-corrected chi connectivity index (χ0v) is 14.6. The summed E-state index contributed by atoms with van der Waals surface area (Å²) in [6, 6.07) is 1.30. The number of hydrogen-bond donors (Lipinski definition) is 0. The molecule has 0 aliphatic heterocycles. The smallest absolute Gasteiger partial charge is 0.192 e. The molecule has 0 fully saturated rings. The van der Waals surface area contributed by atoms with E-state index in [9.17, 15) is 4.39 Å². The van der Waals surface area contributed by atoms with Gasteiger partial charge in [-0.15, -0.1) is 11.6 Å². The van der Waals surface area contributed by atoms with Crippen molar-refractivity contribution in [2.45, 2.75) is 44.8 Å². The van der Waals surface area contributed by atoms with Gasteiger partial charge in [0.05, 0.1) is 24.4 Å². The molecule has 0 aromatic carbocycles. The summed E-state index contributed by atoms with van der Waals surface area (Å²) < 4.78 is 24.9. The van der Waals surface area contributed by atoms with Crippen molar-refractivity contribution < 1.29 is 13.6 Å². The van der Waals surface area contributed by atoms with Crippen molar-refractivity contribution in [3.63, 3.8) is 0 Å². The maximum Gasteiger partial charge on any atom is 0.192 e. The van der Waals surface area contributed by atoms with Crippen molar-refractivity contribution in [3.05, 3.63) is 23.8 Å². The average Bonchev–Trinajstić information content (AvgIpc) is 2.33. The zero-order chi connectivity index (χ0) is 15.4. The van der Waals surface area contributed by atoms with Crippen LogP contribution in [0.15, 0.2) is 12.3 Å². The monoisotopic (exact) mass is 319 g/mol. The van der Waals surface area contributed by atoms with Crippen LogP contribution in [0.2, 0.25) is 18.1 Å². The summed E-state index contributed by atoms with van der Waals surface area (Å²) in [5, 5.41) is 0.169. The molecular weight excluding hydrogens is 297 g/mol. The standard InChI is InChI=1S/C14H23ClFNO2Si/c1-14(2,3)20(4,5)19-7-6-18-11-8-12(16)13(9-15)17-10-11/h8,10H,6-7,9H2,1-5H3. The molecule has 0 atom stereocenters. The van der Waals surface area contributed by atoms with E-state index in [2.05, 4.69) is 38.8 Å². The number of nitrogens with zero attached hydrogens (tertiary/aromatic N) is 1. The largest absolute Gasteiger partial charge is 0.490 e. The Morgan fingerprint density at radius 3 is 2.45 bits per heavy atom. The summed E-state index contributed by atoms with van der Waals surface area (Å²) in [7, 11) is -1.76. The molecule has 0 unspecified atom stereocenters. The maximum absolute atomic E-state index is 13.5. The quantitative estimate of drug-likeness (QED) is 0.443. The molecular formula is C14H23ClFNO2Si. The number of pyridine rings is 1. The lowest BCUT2D eigenvalue weighted by Gasteiger charge is -2.36. The molecule has 0 aliphatic rings. The third-order valence-corrected chi connectivity index (χ3v) is 8.43. The molecule has 1 aromatic rings. The Labute approximate surface area is 126 Å². The molecule has 0 spiro atoms. The molecule has 3 nitrogen and oxygen atoms in total. The third kappa shape index (κ3) is 4.72. The molecule has 0 N–H and O–H groups in total. The Kier molecular flexibility index (Phi) is 5.98. The Bertz CT molecular complexity index is 449. The molecule has 1 rings (SSSR count). The Hall–Kier alpha value is -0.653. The van der Waals surface area contributed by atoms with E-state index in [1.165, 1.54) is 12.3 Å². The van der Waals surface area contributed by atoms with Gasteiger partial charge in [-0.1, -0.05) is 20.8 Å². The molecule has 0 saturated heterocycles. The Morgan fingerprint density at radius 1 is 1.30 bits per heavy atom. The number of halogens is 2. The summed E-state index contributed by atoms with van der Waals surface area (Å²) in [6.07, 6.45) is 1.48. The van der Waals surface area contributed by atoms with Crippen LogP contribution in [0.25, 0.3) is 0 Å². The minimum atomic E-state index is -1.76. The molecule has 0 bridgehead atoms. The van der Waals surface area contributed by atoms with Gasteiger partial charge in [-0.2, -0.15) is 0 Å². The van der Waals surface area contributed by atoms with Gasteiger partial charge in [0.15, 0.2) is 8.32 Å². The normalized spacial score (nSPS) is 12.6. The Morgan fingerprint density at radius 2 is 1.95 bits per heavy atom. The van der Waals surface area contributed by atoms with E-state index >= 15 is 0 Å². The number of ether oxygens (including phenoxy) is 1. The van der Waals surface area contributed by atoms with Gasteiger partial charge in [0.25, 0.3) is 0 Å². The van der Waals surface area contributed by atoms with Gasteiger partial charge in [-0.3, -0.25) is 4.98 Å². The first-order valence-corrected chi connectivity index (χ1v) is 10.1. The zero-order valence-electron chi connectivity index (χ0n) is 12.8. The molecule has 0 amide bonds. The number of rotatable bonds is 6. The van der Waals surface area contributed by atoms with E-state index in [-0.39, 0.29) is 16.6 Å². The highest BCUT2D eigenvalue weighted by Crippen LogP contribution is 2.36. The predicted molar refractivity (Wildman–Crippen MR) is 82.4 cm³/mol. The van der Waals surface area contributed by atoms with Crippen LogP contribution in [0.5, 0.6) is 5.75 Å². The molecule has 0 radical (unpaired) electrons. The van der Waals surface area contributed by atoms with Gasteiger partial charge >= 0.3 is 0 Å². The second kappa shape index (κ2) is 6.87. The first-order valence-electron chi connectivity index (χ1n) is 6.64. The number of alkyl halides is 1. The van der Waals surface area contributed by atoms with Gasteiger partial charge in [0.1, 0.15) is 18.2 Å². The Balaban J connectivity index is 2.44. The highest BCUT2D eigenvalue weighted by atomic mass is 35.5. The maximum atomic E-state index is 13.5. The van der Waals surface area contributed by atoms with E-state index in [0.29, 0.717) is 19.0 Å². The lowest BCUT2D eigenvalue weighted by atomic mass is 10.2. The van der Waals surface area contributed by atoms with Gasteiger partial charge in [0.2, 0.25) is 0 Å².